The molecule has 0 fully saturated rings. The number of hydrogen-bond donors (Lipinski definition) is 0. The predicted octanol–water partition coefficient (Wildman–Crippen LogP) is 5.72. The van der Waals surface area contributed by atoms with Crippen molar-refractivity contribution in [3.63, 3.8) is 0 Å². The number of hydrogen-bond acceptors (Lipinski definition) is 2. The van der Waals surface area contributed by atoms with Crippen molar-refractivity contribution in [3.05, 3.63) is 65.0 Å². The lowest BCUT2D eigenvalue weighted by atomic mass is 10.1. The normalized spacial score (nSPS) is 11.9. The SMILES string of the molecule is N#Cc1ccc(N(CCCc2ccc(F)cc2)CC(F)(F)F)cc1C(F)(F)F. The number of halogens is 7. The highest BCUT2D eigenvalue weighted by Crippen LogP contribution is 2.35. The second kappa shape index (κ2) is 8.50. The molecule has 0 amide bonds. The minimum Gasteiger partial charge on any atom is -0.363 e. The fourth-order valence-corrected chi connectivity index (χ4v) is 2.70. The molecule has 0 heterocycles. The minimum atomic E-state index is -4.86. The van der Waals surface area contributed by atoms with Gasteiger partial charge in [-0.1, -0.05) is 12.1 Å². The van der Waals surface area contributed by atoms with Gasteiger partial charge < -0.3 is 4.90 Å². The summed E-state index contributed by atoms with van der Waals surface area (Å²) in [6.45, 7) is -1.60. The first-order valence-corrected chi connectivity index (χ1v) is 8.17. The van der Waals surface area contributed by atoms with Crippen LogP contribution in [-0.2, 0) is 12.6 Å². The van der Waals surface area contributed by atoms with Crippen molar-refractivity contribution in [1.82, 2.24) is 0 Å². The Balaban J connectivity index is 2.23. The molecule has 0 saturated heterocycles. The summed E-state index contributed by atoms with van der Waals surface area (Å²) < 4.78 is 90.9. The zero-order valence-corrected chi connectivity index (χ0v) is 14.4. The van der Waals surface area contributed by atoms with E-state index in [-0.39, 0.29) is 18.7 Å². The van der Waals surface area contributed by atoms with Crippen LogP contribution in [0.5, 0.6) is 0 Å². The van der Waals surface area contributed by atoms with Crippen molar-refractivity contribution in [2.75, 3.05) is 18.0 Å². The van der Waals surface area contributed by atoms with Crippen LogP contribution in [0.25, 0.3) is 0 Å². The van der Waals surface area contributed by atoms with Gasteiger partial charge in [-0.15, -0.1) is 0 Å². The molecule has 0 radical (unpaired) electrons. The molecular formula is C19H15F7N2. The van der Waals surface area contributed by atoms with Crippen LogP contribution in [0, 0.1) is 17.1 Å². The number of anilines is 1. The summed E-state index contributed by atoms with van der Waals surface area (Å²) in [6, 6.07) is 9.31. The standard InChI is InChI=1S/C19H15F7N2/c20-15-6-3-13(4-7-15)2-1-9-28(12-18(21,22)23)16-8-5-14(11-27)17(10-16)19(24,25)26/h3-8,10H,1-2,9,12H2. The highest BCUT2D eigenvalue weighted by Gasteiger charge is 2.35. The number of nitriles is 1. The lowest BCUT2D eigenvalue weighted by Gasteiger charge is -2.27. The molecule has 150 valence electrons. The van der Waals surface area contributed by atoms with Gasteiger partial charge in [-0.05, 0) is 48.7 Å². The molecule has 0 bridgehead atoms. The van der Waals surface area contributed by atoms with Gasteiger partial charge >= 0.3 is 12.4 Å². The van der Waals surface area contributed by atoms with E-state index in [1.54, 1.807) is 0 Å². The predicted molar refractivity (Wildman–Crippen MR) is 89.1 cm³/mol. The first-order chi connectivity index (χ1) is 13.0. The molecule has 0 aliphatic rings. The van der Waals surface area contributed by atoms with Gasteiger partial charge in [-0.2, -0.15) is 31.6 Å². The van der Waals surface area contributed by atoms with Crippen molar-refractivity contribution in [2.24, 2.45) is 0 Å². The third kappa shape index (κ3) is 6.15. The fraction of sp³-hybridized carbons (Fsp3) is 0.316. The largest absolute Gasteiger partial charge is 0.417 e. The summed E-state index contributed by atoms with van der Waals surface area (Å²) in [6.07, 6.45) is -8.94. The lowest BCUT2D eigenvalue weighted by molar-refractivity contribution is -0.137. The van der Waals surface area contributed by atoms with Crippen LogP contribution in [-0.4, -0.2) is 19.3 Å². The van der Waals surface area contributed by atoms with Crippen LogP contribution in [0.1, 0.15) is 23.1 Å². The van der Waals surface area contributed by atoms with E-state index in [9.17, 15) is 30.7 Å². The highest BCUT2D eigenvalue weighted by atomic mass is 19.4. The van der Waals surface area contributed by atoms with E-state index in [4.69, 9.17) is 5.26 Å². The monoisotopic (exact) mass is 404 g/mol. The maximum atomic E-state index is 13.1. The third-order valence-electron chi connectivity index (χ3n) is 3.97. The molecule has 2 rings (SSSR count). The van der Waals surface area contributed by atoms with Crippen LogP contribution in [0.4, 0.5) is 36.4 Å². The van der Waals surface area contributed by atoms with Crippen molar-refractivity contribution >= 4 is 5.69 Å². The van der Waals surface area contributed by atoms with Crippen molar-refractivity contribution in [3.8, 4) is 6.07 Å². The summed E-state index contributed by atoms with van der Waals surface area (Å²) in [5.74, 6) is -0.445. The van der Waals surface area contributed by atoms with Gasteiger partial charge in [0.15, 0.2) is 0 Å². The zero-order valence-electron chi connectivity index (χ0n) is 14.4. The van der Waals surface area contributed by atoms with Gasteiger partial charge in [-0.3, -0.25) is 0 Å². The number of aryl methyl sites for hydroxylation is 1. The van der Waals surface area contributed by atoms with Gasteiger partial charge in [0.05, 0.1) is 17.2 Å². The van der Waals surface area contributed by atoms with E-state index in [1.165, 1.54) is 30.3 Å². The van der Waals surface area contributed by atoms with Gasteiger partial charge in [0, 0.05) is 12.2 Å². The van der Waals surface area contributed by atoms with E-state index in [1.807, 2.05) is 0 Å². The zero-order chi connectivity index (χ0) is 20.9. The van der Waals surface area contributed by atoms with E-state index in [2.05, 4.69) is 0 Å². The minimum absolute atomic E-state index is 0.167. The van der Waals surface area contributed by atoms with Crippen LogP contribution >= 0.6 is 0 Å². The average molecular weight is 404 g/mol. The van der Waals surface area contributed by atoms with Crippen molar-refractivity contribution in [1.29, 1.82) is 5.26 Å². The summed E-state index contributed by atoms with van der Waals surface area (Å²) in [4.78, 5) is 0.792. The average Bonchev–Trinajstić information content (AvgIpc) is 2.60. The summed E-state index contributed by atoms with van der Waals surface area (Å²) in [5, 5.41) is 8.81. The van der Waals surface area contributed by atoms with Gasteiger partial charge in [0.25, 0.3) is 0 Å². The van der Waals surface area contributed by atoms with E-state index < -0.39 is 35.8 Å². The Kier molecular flexibility index (Phi) is 6.54. The van der Waals surface area contributed by atoms with E-state index in [0.29, 0.717) is 18.1 Å². The van der Waals surface area contributed by atoms with Crippen LogP contribution in [0.15, 0.2) is 42.5 Å². The Morgan fingerprint density at radius 1 is 0.929 bits per heavy atom. The second-order valence-electron chi connectivity index (χ2n) is 6.11. The highest BCUT2D eigenvalue weighted by molar-refractivity contribution is 5.55. The van der Waals surface area contributed by atoms with Gasteiger partial charge in [-0.25, -0.2) is 4.39 Å². The molecule has 2 aromatic carbocycles. The molecular weight excluding hydrogens is 389 g/mol. The third-order valence-corrected chi connectivity index (χ3v) is 3.97. The van der Waals surface area contributed by atoms with Crippen molar-refractivity contribution in [2.45, 2.75) is 25.2 Å². The molecule has 0 aliphatic carbocycles. The lowest BCUT2D eigenvalue weighted by Crippen LogP contribution is -2.35. The molecule has 0 aromatic heterocycles. The molecule has 2 aromatic rings. The number of alkyl halides is 6. The fourth-order valence-electron chi connectivity index (χ4n) is 2.70. The van der Waals surface area contributed by atoms with Crippen molar-refractivity contribution < 1.29 is 30.7 Å². The molecule has 0 aliphatic heterocycles. The smallest absolute Gasteiger partial charge is 0.363 e. The maximum absolute atomic E-state index is 13.1. The Hall–Kier alpha value is -2.76. The van der Waals surface area contributed by atoms with Crippen LogP contribution in [0.2, 0.25) is 0 Å². The Bertz CT molecular complexity index is 833. The first-order valence-electron chi connectivity index (χ1n) is 8.17. The summed E-state index contributed by atoms with van der Waals surface area (Å²) in [5.41, 5.74) is -1.51. The quantitative estimate of drug-likeness (QED) is 0.576. The maximum Gasteiger partial charge on any atom is 0.417 e. The molecule has 0 atom stereocenters. The Labute approximate surface area is 156 Å². The molecule has 0 spiro atoms. The molecule has 0 unspecified atom stereocenters. The molecule has 9 heteroatoms. The molecule has 0 N–H and O–H groups in total. The molecule has 2 nitrogen and oxygen atoms in total. The Morgan fingerprint density at radius 3 is 2.11 bits per heavy atom. The molecule has 28 heavy (non-hydrogen) atoms. The van der Waals surface area contributed by atoms with Crippen LogP contribution < -0.4 is 4.90 Å². The van der Waals surface area contributed by atoms with E-state index in [0.717, 1.165) is 17.0 Å². The molecule has 0 saturated carbocycles. The first kappa shape index (κ1) is 21.5. The van der Waals surface area contributed by atoms with E-state index >= 15 is 0 Å². The van der Waals surface area contributed by atoms with Crippen LogP contribution in [0.3, 0.4) is 0 Å². The number of rotatable bonds is 6. The number of benzene rings is 2. The summed E-state index contributed by atoms with van der Waals surface area (Å²) >= 11 is 0. The summed E-state index contributed by atoms with van der Waals surface area (Å²) in [7, 11) is 0. The van der Waals surface area contributed by atoms with Gasteiger partial charge in [0.2, 0.25) is 0 Å². The van der Waals surface area contributed by atoms with Gasteiger partial charge in [0.1, 0.15) is 12.4 Å². The number of nitrogens with zero attached hydrogens (tertiary/aromatic N) is 2. The Morgan fingerprint density at radius 2 is 1.57 bits per heavy atom. The topological polar surface area (TPSA) is 27.0 Å². The second-order valence-corrected chi connectivity index (χ2v) is 6.11.